The highest BCUT2D eigenvalue weighted by Crippen LogP contribution is 2.23. The minimum absolute atomic E-state index is 0.0179. The summed E-state index contributed by atoms with van der Waals surface area (Å²) in [6.45, 7) is 2.90. The molecule has 0 fully saturated rings. The molecular weight excluding hydrogens is 350 g/mol. The number of carbonyl (C=O) groups excluding carboxylic acids is 1. The highest BCUT2D eigenvalue weighted by molar-refractivity contribution is 7.89. The average Bonchev–Trinajstić information content (AvgIpc) is 2.59. The molecule has 3 N–H and O–H groups in total. The van der Waals surface area contributed by atoms with E-state index in [2.05, 4.69) is 10.2 Å². The third-order valence-electron chi connectivity index (χ3n) is 4.07. The molecule has 140 valence electrons. The van der Waals surface area contributed by atoms with Crippen LogP contribution >= 0.6 is 0 Å². The van der Waals surface area contributed by atoms with Crippen molar-refractivity contribution in [3.05, 3.63) is 65.2 Å². The van der Waals surface area contributed by atoms with Gasteiger partial charge in [0.2, 0.25) is 15.9 Å². The van der Waals surface area contributed by atoms with E-state index >= 15 is 0 Å². The van der Waals surface area contributed by atoms with Crippen molar-refractivity contribution in [1.29, 1.82) is 0 Å². The first-order chi connectivity index (χ1) is 12.2. The Hall–Kier alpha value is -2.22. The minimum Gasteiger partial charge on any atom is -0.352 e. The van der Waals surface area contributed by atoms with E-state index < -0.39 is 15.9 Å². The van der Waals surface area contributed by atoms with Crippen molar-refractivity contribution < 1.29 is 13.2 Å². The van der Waals surface area contributed by atoms with Crippen molar-refractivity contribution in [3.8, 4) is 0 Å². The Labute approximate surface area is 155 Å². The fourth-order valence-corrected chi connectivity index (χ4v) is 3.55. The van der Waals surface area contributed by atoms with Crippen molar-refractivity contribution in [2.45, 2.75) is 30.8 Å². The molecule has 0 spiro atoms. The SMILES string of the molecule is CC(C(=O)NCc1ccc(CN(C)C)cc1)c1ccccc1S(N)(=O)=O. The van der Waals surface area contributed by atoms with Crippen LogP contribution in [0.15, 0.2) is 53.4 Å². The molecule has 1 amide bonds. The molecule has 0 aromatic heterocycles. The average molecular weight is 375 g/mol. The first-order valence-electron chi connectivity index (χ1n) is 8.30. The number of nitrogens with one attached hydrogen (secondary N) is 1. The van der Waals surface area contributed by atoms with Crippen LogP contribution in [0.2, 0.25) is 0 Å². The number of nitrogens with zero attached hydrogens (tertiary/aromatic N) is 1. The van der Waals surface area contributed by atoms with Gasteiger partial charge in [0.05, 0.1) is 10.8 Å². The van der Waals surface area contributed by atoms with Crippen LogP contribution in [0.4, 0.5) is 0 Å². The number of rotatable bonds is 7. The number of amides is 1. The Morgan fingerprint density at radius 1 is 1.08 bits per heavy atom. The third kappa shape index (κ3) is 5.39. The summed E-state index contributed by atoms with van der Waals surface area (Å²) in [6.07, 6.45) is 0. The van der Waals surface area contributed by atoms with E-state index in [9.17, 15) is 13.2 Å². The van der Waals surface area contributed by atoms with Crippen LogP contribution in [0.5, 0.6) is 0 Å². The van der Waals surface area contributed by atoms with E-state index in [0.29, 0.717) is 12.1 Å². The maximum Gasteiger partial charge on any atom is 0.238 e. The Bertz CT molecular complexity index is 862. The molecule has 0 aliphatic heterocycles. The monoisotopic (exact) mass is 375 g/mol. The lowest BCUT2D eigenvalue weighted by Gasteiger charge is -2.16. The maximum atomic E-state index is 12.5. The Morgan fingerprint density at radius 3 is 2.23 bits per heavy atom. The molecule has 26 heavy (non-hydrogen) atoms. The van der Waals surface area contributed by atoms with Crippen molar-refractivity contribution >= 4 is 15.9 Å². The number of primary sulfonamides is 1. The van der Waals surface area contributed by atoms with E-state index in [1.54, 1.807) is 25.1 Å². The highest BCUT2D eigenvalue weighted by atomic mass is 32.2. The molecule has 1 atom stereocenters. The Morgan fingerprint density at radius 2 is 1.65 bits per heavy atom. The van der Waals surface area contributed by atoms with Crippen molar-refractivity contribution in [1.82, 2.24) is 10.2 Å². The molecular formula is C19H25N3O3S. The van der Waals surface area contributed by atoms with Gasteiger partial charge in [-0.1, -0.05) is 42.5 Å². The van der Waals surface area contributed by atoms with E-state index in [4.69, 9.17) is 5.14 Å². The predicted octanol–water partition coefficient (Wildman–Crippen LogP) is 1.82. The molecule has 7 heteroatoms. The van der Waals surface area contributed by atoms with Crippen LogP contribution in [0, 0.1) is 0 Å². The summed E-state index contributed by atoms with van der Waals surface area (Å²) in [6, 6.07) is 14.3. The lowest BCUT2D eigenvalue weighted by molar-refractivity contribution is -0.122. The first-order valence-corrected chi connectivity index (χ1v) is 9.85. The number of nitrogens with two attached hydrogens (primary N) is 1. The van der Waals surface area contributed by atoms with Crippen molar-refractivity contribution in [3.63, 3.8) is 0 Å². The van der Waals surface area contributed by atoms with Gasteiger partial charge in [-0.05, 0) is 43.8 Å². The smallest absolute Gasteiger partial charge is 0.238 e. The Balaban J connectivity index is 2.04. The van der Waals surface area contributed by atoms with Gasteiger partial charge in [-0.2, -0.15) is 0 Å². The highest BCUT2D eigenvalue weighted by Gasteiger charge is 2.22. The van der Waals surface area contributed by atoms with Crippen LogP contribution in [0.25, 0.3) is 0 Å². The summed E-state index contributed by atoms with van der Waals surface area (Å²) in [5, 5.41) is 8.10. The molecule has 0 aliphatic rings. The van der Waals surface area contributed by atoms with Gasteiger partial charge in [0, 0.05) is 13.1 Å². The summed E-state index contributed by atoms with van der Waals surface area (Å²) >= 11 is 0. The predicted molar refractivity (Wildman–Crippen MR) is 102 cm³/mol. The third-order valence-corrected chi connectivity index (χ3v) is 5.06. The van der Waals surface area contributed by atoms with Gasteiger partial charge in [0.1, 0.15) is 0 Å². The lowest BCUT2D eigenvalue weighted by atomic mass is 10.00. The van der Waals surface area contributed by atoms with E-state index in [1.807, 2.05) is 38.4 Å². The molecule has 0 radical (unpaired) electrons. The molecule has 2 rings (SSSR count). The quantitative estimate of drug-likeness (QED) is 0.772. The molecule has 2 aromatic rings. The minimum atomic E-state index is -3.88. The van der Waals surface area contributed by atoms with Gasteiger partial charge in [-0.25, -0.2) is 13.6 Å². The molecule has 1 unspecified atom stereocenters. The van der Waals surface area contributed by atoms with Gasteiger partial charge in [-0.15, -0.1) is 0 Å². The first kappa shape index (κ1) is 20.1. The zero-order chi connectivity index (χ0) is 19.3. The number of benzene rings is 2. The summed E-state index contributed by atoms with van der Waals surface area (Å²) in [4.78, 5) is 14.5. The van der Waals surface area contributed by atoms with E-state index in [1.165, 1.54) is 11.6 Å². The molecule has 0 saturated carbocycles. The van der Waals surface area contributed by atoms with Crippen LogP contribution < -0.4 is 10.5 Å². The summed E-state index contributed by atoms with van der Waals surface area (Å²) in [5.41, 5.74) is 2.57. The summed E-state index contributed by atoms with van der Waals surface area (Å²) in [5.74, 6) is -0.879. The maximum absolute atomic E-state index is 12.5. The van der Waals surface area contributed by atoms with Gasteiger partial charge >= 0.3 is 0 Å². The van der Waals surface area contributed by atoms with Crippen LogP contribution in [-0.4, -0.2) is 33.3 Å². The topological polar surface area (TPSA) is 92.5 Å². The second kappa shape index (κ2) is 8.44. The molecule has 0 saturated heterocycles. The van der Waals surface area contributed by atoms with Gasteiger partial charge in [0.15, 0.2) is 0 Å². The molecule has 6 nitrogen and oxygen atoms in total. The Kier molecular flexibility index (Phi) is 6.52. The second-order valence-corrected chi connectivity index (χ2v) is 8.11. The lowest BCUT2D eigenvalue weighted by Crippen LogP contribution is -2.29. The van der Waals surface area contributed by atoms with Gasteiger partial charge in [-0.3, -0.25) is 4.79 Å². The molecule has 2 aromatic carbocycles. The fourth-order valence-electron chi connectivity index (χ4n) is 2.71. The summed E-state index contributed by atoms with van der Waals surface area (Å²) < 4.78 is 23.4. The number of hydrogen-bond acceptors (Lipinski definition) is 4. The van der Waals surface area contributed by atoms with E-state index in [0.717, 1.165) is 12.1 Å². The van der Waals surface area contributed by atoms with E-state index in [-0.39, 0.29) is 10.8 Å². The molecule has 0 aliphatic carbocycles. The second-order valence-electron chi connectivity index (χ2n) is 6.58. The van der Waals surface area contributed by atoms with Crippen molar-refractivity contribution in [2.75, 3.05) is 14.1 Å². The number of hydrogen-bond donors (Lipinski definition) is 2. The summed E-state index contributed by atoms with van der Waals surface area (Å²) in [7, 11) is 0.140. The zero-order valence-corrected chi connectivity index (χ0v) is 16.1. The molecule has 0 bridgehead atoms. The van der Waals surface area contributed by atoms with Crippen molar-refractivity contribution in [2.24, 2.45) is 5.14 Å². The fraction of sp³-hybridized carbons (Fsp3) is 0.316. The number of carbonyl (C=O) groups is 1. The zero-order valence-electron chi connectivity index (χ0n) is 15.3. The molecule has 0 heterocycles. The standard InChI is InChI=1S/C19H25N3O3S/c1-14(17-6-4-5-7-18(17)26(20,24)25)19(23)21-12-15-8-10-16(11-9-15)13-22(2)3/h4-11,14H,12-13H2,1-3H3,(H,21,23)(H2,20,24,25). The normalized spacial score (nSPS) is 12.8. The van der Waals surface area contributed by atoms with Crippen LogP contribution in [-0.2, 0) is 27.9 Å². The van der Waals surface area contributed by atoms with Crippen LogP contribution in [0.3, 0.4) is 0 Å². The largest absolute Gasteiger partial charge is 0.352 e. The number of sulfonamides is 1. The van der Waals surface area contributed by atoms with Gasteiger partial charge < -0.3 is 10.2 Å². The van der Waals surface area contributed by atoms with Crippen LogP contribution in [0.1, 0.15) is 29.5 Å². The van der Waals surface area contributed by atoms with Gasteiger partial charge in [0.25, 0.3) is 0 Å².